The molecule has 120 valence electrons. The van der Waals surface area contributed by atoms with E-state index < -0.39 is 0 Å². The third kappa shape index (κ3) is 2.48. The van der Waals surface area contributed by atoms with E-state index in [9.17, 15) is 0 Å². The van der Waals surface area contributed by atoms with Gasteiger partial charge in [0.05, 0.1) is 0 Å². The van der Waals surface area contributed by atoms with Gasteiger partial charge in [-0.15, -0.1) is 0 Å². The third-order valence-electron chi connectivity index (χ3n) is 4.13. The first-order chi connectivity index (χ1) is 11.0. The second kappa shape index (κ2) is 5.25. The molecule has 3 heterocycles. The molecular formula is C16H18ClN5O. The summed E-state index contributed by atoms with van der Waals surface area (Å²) in [6.45, 7) is 5.99. The molecule has 1 aliphatic rings. The van der Waals surface area contributed by atoms with Gasteiger partial charge in [-0.05, 0) is 32.0 Å². The Morgan fingerprint density at radius 3 is 2.74 bits per heavy atom. The van der Waals surface area contributed by atoms with E-state index in [1.807, 2.05) is 12.1 Å². The summed E-state index contributed by atoms with van der Waals surface area (Å²) in [6.07, 6.45) is 0. The van der Waals surface area contributed by atoms with Crippen molar-refractivity contribution in [1.82, 2.24) is 15.3 Å². The highest BCUT2D eigenvalue weighted by molar-refractivity contribution is 6.31. The van der Waals surface area contributed by atoms with Gasteiger partial charge in [-0.25, -0.2) is 4.98 Å². The van der Waals surface area contributed by atoms with Crippen molar-refractivity contribution in [2.45, 2.75) is 25.9 Å². The van der Waals surface area contributed by atoms with Gasteiger partial charge in [0.15, 0.2) is 11.4 Å². The molecule has 23 heavy (non-hydrogen) atoms. The summed E-state index contributed by atoms with van der Waals surface area (Å²) in [6, 6.07) is 6.23. The Hall–Kier alpha value is -2.05. The van der Waals surface area contributed by atoms with Crippen LogP contribution in [-0.4, -0.2) is 35.1 Å². The summed E-state index contributed by atoms with van der Waals surface area (Å²) in [7, 11) is 0. The summed E-state index contributed by atoms with van der Waals surface area (Å²) >= 11 is 6.11. The Balaban J connectivity index is 1.94. The largest absolute Gasteiger partial charge is 0.450 e. The summed E-state index contributed by atoms with van der Waals surface area (Å²) in [5.41, 5.74) is 8.06. The van der Waals surface area contributed by atoms with Gasteiger partial charge in [0.2, 0.25) is 5.95 Å². The van der Waals surface area contributed by atoms with Crippen LogP contribution in [0.3, 0.4) is 0 Å². The molecule has 1 fully saturated rings. The highest BCUT2D eigenvalue weighted by Crippen LogP contribution is 2.35. The quantitative estimate of drug-likeness (QED) is 0.713. The van der Waals surface area contributed by atoms with E-state index in [4.69, 9.17) is 21.8 Å². The van der Waals surface area contributed by atoms with E-state index in [1.165, 1.54) is 0 Å². The summed E-state index contributed by atoms with van der Waals surface area (Å²) in [5, 5.41) is 5.01. The van der Waals surface area contributed by atoms with Crippen LogP contribution in [0.5, 0.6) is 0 Å². The van der Waals surface area contributed by atoms with Crippen molar-refractivity contribution in [2.75, 3.05) is 23.7 Å². The van der Waals surface area contributed by atoms with Crippen molar-refractivity contribution in [3.05, 3.63) is 23.2 Å². The minimum atomic E-state index is 0.244. The Kier molecular flexibility index (Phi) is 3.32. The van der Waals surface area contributed by atoms with Crippen LogP contribution in [0.15, 0.2) is 22.6 Å². The Labute approximate surface area is 138 Å². The highest BCUT2D eigenvalue weighted by atomic mass is 35.5. The number of hydrogen-bond acceptors (Lipinski definition) is 6. The van der Waals surface area contributed by atoms with Gasteiger partial charge < -0.3 is 20.4 Å². The van der Waals surface area contributed by atoms with E-state index >= 15 is 0 Å². The van der Waals surface area contributed by atoms with Crippen molar-refractivity contribution < 1.29 is 4.42 Å². The molecule has 3 aromatic rings. The average Bonchev–Trinajstić information content (AvgIpc) is 2.83. The predicted octanol–water partition coefficient (Wildman–Crippen LogP) is 2.80. The molecule has 1 aliphatic heterocycles. The number of nitrogen functional groups attached to an aromatic ring is 1. The maximum absolute atomic E-state index is 6.11. The molecule has 4 rings (SSSR count). The fourth-order valence-electron chi connectivity index (χ4n) is 3.33. The van der Waals surface area contributed by atoms with Gasteiger partial charge in [-0.1, -0.05) is 11.6 Å². The molecule has 2 unspecified atom stereocenters. The lowest BCUT2D eigenvalue weighted by Gasteiger charge is -2.36. The summed E-state index contributed by atoms with van der Waals surface area (Å²) in [4.78, 5) is 11.0. The molecular weight excluding hydrogens is 314 g/mol. The predicted molar refractivity (Wildman–Crippen MR) is 93.0 cm³/mol. The SMILES string of the molecule is CC1CN(c2nc(N)nc3c2oc2ccc(Cl)cc23)CC(C)N1. The van der Waals surface area contributed by atoms with Gasteiger partial charge >= 0.3 is 0 Å². The van der Waals surface area contributed by atoms with Crippen LogP contribution in [0, 0.1) is 0 Å². The minimum absolute atomic E-state index is 0.244. The molecule has 0 amide bonds. The summed E-state index contributed by atoms with van der Waals surface area (Å²) in [5.74, 6) is 0.994. The van der Waals surface area contributed by atoms with Crippen LogP contribution in [-0.2, 0) is 0 Å². The molecule has 0 saturated carbocycles. The van der Waals surface area contributed by atoms with Crippen LogP contribution in [0.1, 0.15) is 13.8 Å². The number of fused-ring (bicyclic) bond motifs is 3. The first-order valence-corrected chi connectivity index (χ1v) is 8.05. The maximum atomic E-state index is 6.11. The first kappa shape index (κ1) is 14.5. The van der Waals surface area contributed by atoms with Crippen LogP contribution >= 0.6 is 11.6 Å². The number of halogens is 1. The highest BCUT2D eigenvalue weighted by Gasteiger charge is 2.26. The zero-order chi connectivity index (χ0) is 16.1. The molecule has 1 saturated heterocycles. The lowest BCUT2D eigenvalue weighted by Crippen LogP contribution is -2.54. The monoisotopic (exact) mass is 331 g/mol. The van der Waals surface area contributed by atoms with Gasteiger partial charge in [-0.3, -0.25) is 0 Å². The number of nitrogens with zero attached hydrogens (tertiary/aromatic N) is 3. The number of anilines is 2. The second-order valence-corrected chi connectivity index (χ2v) is 6.64. The number of nitrogens with one attached hydrogen (secondary N) is 1. The number of aromatic nitrogens is 2. The smallest absolute Gasteiger partial charge is 0.222 e. The number of piperazine rings is 1. The molecule has 0 radical (unpaired) electrons. The van der Waals surface area contributed by atoms with Gasteiger partial charge in [0, 0.05) is 35.6 Å². The maximum Gasteiger partial charge on any atom is 0.222 e. The van der Waals surface area contributed by atoms with Gasteiger partial charge in [0.25, 0.3) is 0 Å². The molecule has 7 heteroatoms. The van der Waals surface area contributed by atoms with Crippen LogP contribution in [0.2, 0.25) is 5.02 Å². The van der Waals surface area contributed by atoms with E-state index in [0.717, 1.165) is 29.9 Å². The normalized spacial score (nSPS) is 22.1. The molecule has 0 spiro atoms. The fourth-order valence-corrected chi connectivity index (χ4v) is 3.50. The van der Waals surface area contributed by atoms with Crippen LogP contribution in [0.4, 0.5) is 11.8 Å². The average molecular weight is 332 g/mol. The van der Waals surface area contributed by atoms with Crippen molar-refractivity contribution in [1.29, 1.82) is 0 Å². The van der Waals surface area contributed by atoms with Crippen molar-refractivity contribution in [3.63, 3.8) is 0 Å². The van der Waals surface area contributed by atoms with Crippen LogP contribution in [0.25, 0.3) is 22.1 Å². The third-order valence-corrected chi connectivity index (χ3v) is 4.37. The van der Waals surface area contributed by atoms with E-state index in [0.29, 0.717) is 28.2 Å². The topological polar surface area (TPSA) is 80.2 Å². The molecule has 2 aromatic heterocycles. The molecule has 6 nitrogen and oxygen atoms in total. The van der Waals surface area contributed by atoms with E-state index in [-0.39, 0.29) is 5.95 Å². The Bertz CT molecular complexity index is 883. The van der Waals surface area contributed by atoms with E-state index in [1.54, 1.807) is 6.07 Å². The molecule has 0 bridgehead atoms. The first-order valence-electron chi connectivity index (χ1n) is 7.67. The van der Waals surface area contributed by atoms with Crippen molar-refractivity contribution >= 4 is 45.4 Å². The number of furan rings is 1. The minimum Gasteiger partial charge on any atom is -0.450 e. The van der Waals surface area contributed by atoms with Crippen molar-refractivity contribution in [2.24, 2.45) is 0 Å². The fraction of sp³-hybridized carbons (Fsp3) is 0.375. The van der Waals surface area contributed by atoms with E-state index in [2.05, 4.69) is 34.0 Å². The molecule has 0 aliphatic carbocycles. The lowest BCUT2D eigenvalue weighted by atomic mass is 10.1. The Morgan fingerprint density at radius 1 is 1.26 bits per heavy atom. The number of nitrogens with two attached hydrogens (primary N) is 1. The zero-order valence-electron chi connectivity index (χ0n) is 13.0. The van der Waals surface area contributed by atoms with Crippen molar-refractivity contribution in [3.8, 4) is 0 Å². The standard InChI is InChI=1S/C16H18ClN5O/c1-8-6-22(7-9(2)19-8)15-14-13(20-16(18)21-15)11-5-10(17)3-4-12(11)23-14/h3-5,8-9,19H,6-7H2,1-2H3,(H2,18,20,21). The van der Waals surface area contributed by atoms with Gasteiger partial charge in [-0.2, -0.15) is 4.98 Å². The van der Waals surface area contributed by atoms with Crippen LogP contribution < -0.4 is 16.0 Å². The zero-order valence-corrected chi connectivity index (χ0v) is 13.8. The Morgan fingerprint density at radius 2 is 2.00 bits per heavy atom. The second-order valence-electron chi connectivity index (χ2n) is 6.20. The van der Waals surface area contributed by atoms with Gasteiger partial charge in [0.1, 0.15) is 11.1 Å². The number of hydrogen-bond donors (Lipinski definition) is 2. The molecule has 1 aromatic carbocycles. The summed E-state index contributed by atoms with van der Waals surface area (Å²) < 4.78 is 6.02. The molecule has 3 N–H and O–H groups in total. The molecule has 2 atom stereocenters. The number of rotatable bonds is 1. The lowest BCUT2D eigenvalue weighted by molar-refractivity contribution is 0.405. The number of benzene rings is 1.